The third-order valence-electron chi connectivity index (χ3n) is 9.02. The lowest BCUT2D eigenvalue weighted by Gasteiger charge is -2.24. The number of carbonyl (C=O) groups is 2. The maximum atomic E-state index is 13.7. The summed E-state index contributed by atoms with van der Waals surface area (Å²) in [6, 6.07) is 20.7. The van der Waals surface area contributed by atoms with Crippen LogP contribution in [0.5, 0.6) is 17.2 Å². The van der Waals surface area contributed by atoms with E-state index in [4.69, 9.17) is 47.4 Å². The van der Waals surface area contributed by atoms with Crippen molar-refractivity contribution in [2.24, 2.45) is 0 Å². The van der Waals surface area contributed by atoms with E-state index in [1.54, 1.807) is 49.6 Å². The Hall–Kier alpha value is -4.50. The molecule has 4 rings (SSSR count). The van der Waals surface area contributed by atoms with Gasteiger partial charge in [-0.25, -0.2) is 9.59 Å². The van der Waals surface area contributed by atoms with Crippen molar-refractivity contribution in [3.05, 3.63) is 107 Å². The molecule has 3 aromatic rings. The summed E-state index contributed by atoms with van der Waals surface area (Å²) in [5, 5.41) is 0. The zero-order valence-corrected chi connectivity index (χ0v) is 36.3. The van der Waals surface area contributed by atoms with E-state index in [-0.39, 0.29) is 37.6 Å². The van der Waals surface area contributed by atoms with E-state index in [9.17, 15) is 9.59 Å². The topological polar surface area (TPSA) is 126 Å². The molecule has 1 fully saturated rings. The van der Waals surface area contributed by atoms with Crippen LogP contribution in [0.1, 0.15) is 65.5 Å². The van der Waals surface area contributed by atoms with Crippen molar-refractivity contribution in [1.82, 2.24) is 0 Å². The SMILES string of the molecule is COCOc1cc(/C=C/CC2OC(C)(C)OC2C(/C=C\C[C@@H](C)OCc2ccc(OC)cc2)OC(=O)c2ccccc2)c(C(=O)OCC[Si](C)(C)C)c(OCOC)c1. The molecule has 0 aliphatic carbocycles. The van der Waals surface area contributed by atoms with E-state index < -0.39 is 44.1 Å². The molecular weight excluding hydrogens is 761 g/mol. The van der Waals surface area contributed by atoms with Gasteiger partial charge in [-0.3, -0.25) is 0 Å². The lowest BCUT2D eigenvalue weighted by atomic mass is 10.0. The predicted octanol–water partition coefficient (Wildman–Crippen LogP) is 8.86. The van der Waals surface area contributed by atoms with E-state index in [1.165, 1.54) is 14.2 Å². The van der Waals surface area contributed by atoms with E-state index >= 15 is 0 Å². The van der Waals surface area contributed by atoms with Gasteiger partial charge in [-0.15, -0.1) is 0 Å². The molecule has 0 spiro atoms. The number of hydrogen-bond donors (Lipinski definition) is 0. The smallest absolute Gasteiger partial charge is 0.342 e. The molecular formula is C45H60O12Si. The van der Waals surface area contributed by atoms with Gasteiger partial charge >= 0.3 is 11.9 Å². The Morgan fingerprint density at radius 3 is 2.24 bits per heavy atom. The summed E-state index contributed by atoms with van der Waals surface area (Å²) < 4.78 is 58.1. The quantitative estimate of drug-likeness (QED) is 0.0393. The van der Waals surface area contributed by atoms with Gasteiger partial charge in [0.1, 0.15) is 35.0 Å². The van der Waals surface area contributed by atoms with Crippen molar-refractivity contribution in [3.8, 4) is 17.2 Å². The first-order valence-corrected chi connectivity index (χ1v) is 23.2. The van der Waals surface area contributed by atoms with Crippen LogP contribution < -0.4 is 14.2 Å². The van der Waals surface area contributed by atoms with Crippen LogP contribution in [0.3, 0.4) is 0 Å². The highest BCUT2D eigenvalue weighted by atomic mass is 28.3. The number of benzene rings is 3. The third-order valence-corrected chi connectivity index (χ3v) is 10.7. The van der Waals surface area contributed by atoms with Gasteiger partial charge in [0.15, 0.2) is 19.4 Å². The maximum Gasteiger partial charge on any atom is 0.342 e. The van der Waals surface area contributed by atoms with Crippen LogP contribution in [-0.2, 0) is 39.8 Å². The minimum absolute atomic E-state index is 0.0128. The van der Waals surface area contributed by atoms with Crippen molar-refractivity contribution >= 4 is 26.1 Å². The van der Waals surface area contributed by atoms with Crippen molar-refractivity contribution in [2.75, 3.05) is 41.5 Å². The van der Waals surface area contributed by atoms with E-state index in [0.717, 1.165) is 17.4 Å². The molecule has 316 valence electrons. The fraction of sp³-hybridized carbons (Fsp3) is 0.467. The Labute approximate surface area is 344 Å². The second kappa shape index (κ2) is 22.6. The Bertz CT molecular complexity index is 1790. The molecule has 12 nitrogen and oxygen atoms in total. The highest BCUT2D eigenvalue weighted by molar-refractivity contribution is 6.76. The molecule has 0 aromatic heterocycles. The second-order valence-corrected chi connectivity index (χ2v) is 21.2. The van der Waals surface area contributed by atoms with E-state index in [2.05, 4.69) is 19.6 Å². The first-order chi connectivity index (χ1) is 27.7. The van der Waals surface area contributed by atoms with Gasteiger partial charge in [0.2, 0.25) is 0 Å². The Morgan fingerprint density at radius 1 is 0.862 bits per heavy atom. The second-order valence-electron chi connectivity index (χ2n) is 15.6. The van der Waals surface area contributed by atoms with Crippen LogP contribution in [0.2, 0.25) is 25.7 Å². The molecule has 1 aliphatic heterocycles. The molecule has 58 heavy (non-hydrogen) atoms. The molecule has 0 N–H and O–H groups in total. The van der Waals surface area contributed by atoms with Crippen LogP contribution in [0, 0.1) is 0 Å². The maximum absolute atomic E-state index is 13.7. The number of hydrogen-bond acceptors (Lipinski definition) is 12. The average Bonchev–Trinajstić information content (AvgIpc) is 3.51. The zero-order chi connectivity index (χ0) is 42.1. The fourth-order valence-corrected chi connectivity index (χ4v) is 6.71. The van der Waals surface area contributed by atoms with Gasteiger partial charge < -0.3 is 47.4 Å². The molecule has 13 heteroatoms. The Balaban J connectivity index is 1.59. The molecule has 3 unspecified atom stereocenters. The minimum Gasteiger partial charge on any atom is -0.497 e. The van der Waals surface area contributed by atoms with E-state index in [0.29, 0.717) is 36.3 Å². The fourth-order valence-electron chi connectivity index (χ4n) is 6.00. The van der Waals surface area contributed by atoms with Crippen LogP contribution in [0.4, 0.5) is 0 Å². The highest BCUT2D eigenvalue weighted by Crippen LogP contribution is 2.35. The summed E-state index contributed by atoms with van der Waals surface area (Å²) >= 11 is 0. The zero-order valence-electron chi connectivity index (χ0n) is 35.3. The van der Waals surface area contributed by atoms with Crippen LogP contribution in [0.15, 0.2) is 85.0 Å². The summed E-state index contributed by atoms with van der Waals surface area (Å²) in [5.41, 5.74) is 2.18. The lowest BCUT2D eigenvalue weighted by molar-refractivity contribution is -0.152. The summed E-state index contributed by atoms with van der Waals surface area (Å²) in [7, 11) is 3.18. The largest absolute Gasteiger partial charge is 0.497 e. The van der Waals surface area contributed by atoms with Gasteiger partial charge in [-0.1, -0.05) is 68.2 Å². The normalized spacial score (nSPS) is 17.6. The number of rotatable bonds is 23. The number of methoxy groups -OCH3 is 3. The third kappa shape index (κ3) is 15.0. The predicted molar refractivity (Wildman–Crippen MR) is 224 cm³/mol. The van der Waals surface area contributed by atoms with Crippen LogP contribution >= 0.6 is 0 Å². The van der Waals surface area contributed by atoms with Crippen molar-refractivity contribution in [1.29, 1.82) is 0 Å². The molecule has 0 saturated carbocycles. The Kier molecular flexibility index (Phi) is 18.0. The molecule has 1 aliphatic rings. The molecule has 0 radical (unpaired) electrons. The lowest BCUT2D eigenvalue weighted by Crippen LogP contribution is -2.37. The van der Waals surface area contributed by atoms with Gasteiger partial charge in [0, 0.05) is 28.4 Å². The van der Waals surface area contributed by atoms with Gasteiger partial charge in [0.25, 0.3) is 0 Å². The minimum atomic E-state index is -1.47. The molecule has 0 amide bonds. The molecule has 1 saturated heterocycles. The van der Waals surface area contributed by atoms with Gasteiger partial charge in [-0.05, 0) is 87.2 Å². The number of ether oxygens (including phenoxy) is 10. The van der Waals surface area contributed by atoms with Crippen molar-refractivity contribution in [3.63, 3.8) is 0 Å². The standard InChI is InChI=1S/C45H60O12Si/c1-32(52-29-33-21-23-36(50-6)24-22-33)15-13-19-38(55-43(46)34-16-11-10-12-17-34)42-39(56-45(2,3)57-42)20-14-18-35-27-37(53-30-48-4)28-40(54-31-49-5)41(35)44(47)51-25-26-58(7,8)9/h10-14,16-19,21-24,27-28,32,38-39,42H,15,20,25-26,29-31H2,1-9H3/b18-14+,19-13-/t32-,38?,39?,42?/m1/s1. The van der Waals surface area contributed by atoms with E-state index in [1.807, 2.05) is 69.3 Å². The summed E-state index contributed by atoms with van der Waals surface area (Å²) in [6.07, 6.45) is 6.19. The van der Waals surface area contributed by atoms with Crippen molar-refractivity contribution < 1.29 is 57.0 Å². The highest BCUT2D eigenvalue weighted by Gasteiger charge is 2.45. The molecule has 0 bridgehead atoms. The Morgan fingerprint density at radius 2 is 1.57 bits per heavy atom. The number of esters is 2. The summed E-state index contributed by atoms with van der Waals surface area (Å²) in [5.74, 6) is -0.549. The van der Waals surface area contributed by atoms with Crippen LogP contribution in [0.25, 0.3) is 6.08 Å². The summed E-state index contributed by atoms with van der Waals surface area (Å²) in [4.78, 5) is 27.1. The average molecular weight is 821 g/mol. The first-order valence-electron chi connectivity index (χ1n) is 19.5. The number of carbonyl (C=O) groups excluding carboxylic acids is 2. The first kappa shape index (κ1) is 46.2. The van der Waals surface area contributed by atoms with Crippen molar-refractivity contribution in [2.45, 2.75) is 96.1 Å². The van der Waals surface area contributed by atoms with Gasteiger partial charge in [-0.2, -0.15) is 0 Å². The van der Waals surface area contributed by atoms with Crippen LogP contribution in [-0.4, -0.2) is 91.7 Å². The molecule has 1 heterocycles. The monoisotopic (exact) mass is 820 g/mol. The summed E-state index contributed by atoms with van der Waals surface area (Å²) in [6.45, 7) is 12.9. The van der Waals surface area contributed by atoms with Gasteiger partial charge in [0.05, 0.1) is 38.1 Å². The molecule has 3 aromatic carbocycles. The molecule has 4 atom stereocenters.